The third kappa shape index (κ3) is 3.59. The zero-order valence-corrected chi connectivity index (χ0v) is 18.7. The van der Waals surface area contributed by atoms with Crippen molar-refractivity contribution in [2.75, 3.05) is 19.5 Å². The van der Waals surface area contributed by atoms with E-state index in [2.05, 4.69) is 10.5 Å². The number of aromatic nitrogens is 1. The molecule has 5 rings (SSSR count). The summed E-state index contributed by atoms with van der Waals surface area (Å²) in [7, 11) is 2.99. The molecule has 0 fully saturated rings. The van der Waals surface area contributed by atoms with Crippen molar-refractivity contribution in [3.05, 3.63) is 87.7 Å². The number of ketones is 1. The van der Waals surface area contributed by atoms with Crippen LogP contribution in [0.5, 0.6) is 5.75 Å². The summed E-state index contributed by atoms with van der Waals surface area (Å²) in [6.07, 6.45) is 1.10. The van der Waals surface area contributed by atoms with Gasteiger partial charge in [0.05, 0.1) is 31.0 Å². The topological polar surface area (TPSA) is 90.7 Å². The van der Waals surface area contributed by atoms with Crippen LogP contribution >= 0.6 is 0 Å². The highest BCUT2D eigenvalue weighted by molar-refractivity contribution is 6.01. The molecule has 2 aromatic carbocycles. The van der Waals surface area contributed by atoms with Gasteiger partial charge in [-0.1, -0.05) is 29.4 Å². The Balaban J connectivity index is 1.55. The fourth-order valence-electron chi connectivity index (χ4n) is 4.85. The van der Waals surface area contributed by atoms with Gasteiger partial charge in [0.25, 0.3) is 0 Å². The van der Waals surface area contributed by atoms with Crippen LogP contribution < -0.4 is 10.1 Å². The average Bonchev–Trinajstić information content (AvgIpc) is 3.22. The van der Waals surface area contributed by atoms with Crippen molar-refractivity contribution in [2.24, 2.45) is 0 Å². The number of methoxy groups -OCH3 is 2. The van der Waals surface area contributed by atoms with Gasteiger partial charge >= 0.3 is 5.97 Å². The number of Topliss-reactive ketones (excluding diaryl/α,β-unsaturated/α-hetero) is 1. The van der Waals surface area contributed by atoms with Crippen molar-refractivity contribution in [1.82, 2.24) is 5.16 Å². The molecular weight excluding hydrogens is 420 g/mol. The molecule has 2 atom stereocenters. The van der Waals surface area contributed by atoms with Crippen LogP contribution in [0.2, 0.25) is 0 Å². The highest BCUT2D eigenvalue weighted by Gasteiger charge is 2.41. The number of allylic oxidation sites excluding steroid dienone is 2. The van der Waals surface area contributed by atoms with E-state index < -0.39 is 5.97 Å². The molecule has 7 heteroatoms. The summed E-state index contributed by atoms with van der Waals surface area (Å²) in [5.41, 5.74) is 5.65. The van der Waals surface area contributed by atoms with E-state index in [0.717, 1.165) is 39.4 Å². The second kappa shape index (κ2) is 8.24. The number of carbonyl (C=O) groups is 2. The van der Waals surface area contributed by atoms with Crippen LogP contribution in [0.4, 0.5) is 5.88 Å². The summed E-state index contributed by atoms with van der Waals surface area (Å²) in [4.78, 5) is 25.4. The van der Waals surface area contributed by atoms with Crippen LogP contribution in [0.15, 0.2) is 64.3 Å². The zero-order valence-electron chi connectivity index (χ0n) is 18.7. The highest BCUT2D eigenvalue weighted by Crippen LogP contribution is 2.49. The minimum Gasteiger partial charge on any atom is -0.497 e. The number of carbonyl (C=O) groups excluding carboxylic acids is 2. The van der Waals surface area contributed by atoms with Crippen molar-refractivity contribution in [1.29, 1.82) is 0 Å². The van der Waals surface area contributed by atoms with E-state index in [1.165, 1.54) is 7.11 Å². The summed E-state index contributed by atoms with van der Waals surface area (Å²) in [5.74, 6) is 0.800. The third-order valence-corrected chi connectivity index (χ3v) is 6.51. The summed E-state index contributed by atoms with van der Waals surface area (Å²) < 4.78 is 15.6. The first-order chi connectivity index (χ1) is 16.0. The van der Waals surface area contributed by atoms with Gasteiger partial charge in [0.1, 0.15) is 5.75 Å². The number of rotatable bonds is 4. The zero-order chi connectivity index (χ0) is 23.1. The lowest BCUT2D eigenvalue weighted by atomic mass is 9.72. The van der Waals surface area contributed by atoms with Crippen LogP contribution in [0.1, 0.15) is 57.4 Å². The molecule has 0 bridgehead atoms. The largest absolute Gasteiger partial charge is 0.497 e. The van der Waals surface area contributed by atoms with Crippen LogP contribution in [0.25, 0.3) is 0 Å². The molecule has 3 aromatic rings. The predicted molar refractivity (Wildman–Crippen MR) is 121 cm³/mol. The average molecular weight is 444 g/mol. The second-order valence-corrected chi connectivity index (χ2v) is 8.38. The van der Waals surface area contributed by atoms with Gasteiger partial charge in [0, 0.05) is 23.6 Å². The fraction of sp³-hybridized carbons (Fsp3) is 0.269. The van der Waals surface area contributed by atoms with E-state index in [-0.39, 0.29) is 17.6 Å². The Kier molecular flexibility index (Phi) is 5.24. The summed E-state index contributed by atoms with van der Waals surface area (Å²) >= 11 is 0. The number of esters is 1. The molecule has 168 valence electrons. The number of nitrogens with one attached hydrogen (secondary N) is 1. The second-order valence-electron chi connectivity index (χ2n) is 8.38. The van der Waals surface area contributed by atoms with Gasteiger partial charge in [-0.05, 0) is 54.7 Å². The number of hydrogen-bond donors (Lipinski definition) is 1. The van der Waals surface area contributed by atoms with Crippen molar-refractivity contribution in [2.45, 2.75) is 31.6 Å². The van der Waals surface area contributed by atoms with Gasteiger partial charge < -0.3 is 19.3 Å². The molecule has 2 heterocycles. The molecule has 0 saturated heterocycles. The number of hydrogen-bond acceptors (Lipinski definition) is 7. The summed E-state index contributed by atoms with van der Waals surface area (Å²) in [5, 5.41) is 7.49. The molecule has 2 unspecified atom stereocenters. The first-order valence-electron chi connectivity index (χ1n) is 10.8. The van der Waals surface area contributed by atoms with Crippen LogP contribution in [0, 0.1) is 6.92 Å². The molecule has 1 aliphatic heterocycles. The van der Waals surface area contributed by atoms with E-state index in [4.69, 9.17) is 14.0 Å². The fourth-order valence-corrected chi connectivity index (χ4v) is 4.85. The van der Waals surface area contributed by atoms with E-state index in [1.54, 1.807) is 19.2 Å². The Labute approximate surface area is 191 Å². The number of nitrogens with zero attached hydrogens (tertiary/aromatic N) is 1. The van der Waals surface area contributed by atoms with Gasteiger partial charge in [-0.2, -0.15) is 0 Å². The van der Waals surface area contributed by atoms with Crippen molar-refractivity contribution in [3.8, 4) is 5.75 Å². The Bertz CT molecular complexity index is 1250. The van der Waals surface area contributed by atoms with Crippen LogP contribution in [-0.2, 0) is 9.53 Å². The Morgan fingerprint density at radius 2 is 1.73 bits per heavy atom. The highest BCUT2D eigenvalue weighted by atomic mass is 16.5. The molecular formula is C26H24N2O5. The molecule has 1 N–H and O–H groups in total. The standard InChI is InChI=1S/C26H24N2O5/c1-14-22-23(16-4-6-17(7-5-16)26(30)32-3)24-20(27-25(22)33-28-14)12-18(13-21(24)29)15-8-10-19(31-2)11-9-15/h4-11,18,23,27H,12-13H2,1-3H3. The Morgan fingerprint density at radius 1 is 1.03 bits per heavy atom. The maximum Gasteiger partial charge on any atom is 0.337 e. The monoisotopic (exact) mass is 444 g/mol. The number of fused-ring (bicyclic) bond motifs is 1. The summed E-state index contributed by atoms with van der Waals surface area (Å²) in [6.45, 7) is 1.87. The van der Waals surface area contributed by atoms with E-state index in [9.17, 15) is 9.59 Å². The molecule has 0 saturated carbocycles. The lowest BCUT2D eigenvalue weighted by molar-refractivity contribution is -0.116. The van der Waals surface area contributed by atoms with E-state index in [0.29, 0.717) is 24.3 Å². The molecule has 1 aliphatic carbocycles. The number of benzene rings is 2. The number of aryl methyl sites for hydroxylation is 1. The van der Waals surface area contributed by atoms with Gasteiger partial charge in [-0.3, -0.25) is 4.79 Å². The molecule has 33 heavy (non-hydrogen) atoms. The van der Waals surface area contributed by atoms with E-state index in [1.807, 2.05) is 43.3 Å². The minimum atomic E-state index is -0.398. The molecule has 1 aromatic heterocycles. The van der Waals surface area contributed by atoms with E-state index >= 15 is 0 Å². The van der Waals surface area contributed by atoms with Gasteiger partial charge in [0.15, 0.2) is 5.78 Å². The molecule has 0 radical (unpaired) electrons. The lowest BCUT2D eigenvalue weighted by Crippen LogP contribution is -2.29. The number of ether oxygens (including phenoxy) is 2. The van der Waals surface area contributed by atoms with Crippen LogP contribution in [-0.4, -0.2) is 31.1 Å². The minimum absolute atomic E-state index is 0.0579. The third-order valence-electron chi connectivity index (χ3n) is 6.51. The quantitative estimate of drug-likeness (QED) is 0.582. The molecule has 2 aliphatic rings. The lowest BCUT2D eigenvalue weighted by Gasteiger charge is -2.34. The van der Waals surface area contributed by atoms with Gasteiger partial charge in [0.2, 0.25) is 5.88 Å². The van der Waals surface area contributed by atoms with Crippen molar-refractivity contribution >= 4 is 17.6 Å². The maximum absolute atomic E-state index is 13.5. The van der Waals surface area contributed by atoms with Gasteiger partial charge in [-0.15, -0.1) is 0 Å². The van der Waals surface area contributed by atoms with Crippen molar-refractivity contribution < 1.29 is 23.6 Å². The van der Waals surface area contributed by atoms with Gasteiger partial charge in [-0.25, -0.2) is 4.79 Å². The maximum atomic E-state index is 13.5. The smallest absolute Gasteiger partial charge is 0.337 e. The SMILES string of the molecule is COC(=O)c1ccc(C2C3=C(CC(c4ccc(OC)cc4)CC3=O)Nc3onc(C)c32)cc1. The van der Waals surface area contributed by atoms with Crippen molar-refractivity contribution in [3.63, 3.8) is 0 Å². The first-order valence-corrected chi connectivity index (χ1v) is 10.8. The summed E-state index contributed by atoms with van der Waals surface area (Å²) in [6, 6.07) is 15.0. The molecule has 7 nitrogen and oxygen atoms in total. The predicted octanol–water partition coefficient (Wildman–Crippen LogP) is 4.74. The number of anilines is 1. The molecule has 0 spiro atoms. The Morgan fingerprint density at radius 3 is 2.39 bits per heavy atom. The normalized spacial score (nSPS) is 19.4. The Hall–Kier alpha value is -3.87. The molecule has 0 amide bonds. The first kappa shape index (κ1) is 21.0. The van der Waals surface area contributed by atoms with Crippen LogP contribution in [0.3, 0.4) is 0 Å².